The molecule has 31 heavy (non-hydrogen) atoms. The molecule has 1 aliphatic heterocycles. The van der Waals surface area contributed by atoms with Crippen LogP contribution in [0.25, 0.3) is 0 Å². The standard InChI is InChI=1S/C22H23FN6O2/c1-16(17-7-3-2-4-8-17)26-21-20(29(30)31)22(25-15-24-21)28-13-11-27(12-14-28)19-10-6-5-9-18(19)23/h2-10,15-16H,11-14H2,1H3,(H,24,25,26). The minimum atomic E-state index is -0.446. The van der Waals surface area contributed by atoms with Gasteiger partial charge in [0.05, 0.1) is 16.7 Å². The second kappa shape index (κ2) is 8.95. The minimum absolute atomic E-state index is 0.148. The van der Waals surface area contributed by atoms with E-state index in [1.54, 1.807) is 18.2 Å². The van der Waals surface area contributed by atoms with Gasteiger partial charge in [0.2, 0.25) is 11.6 Å². The van der Waals surface area contributed by atoms with Crippen LogP contribution in [0.5, 0.6) is 0 Å². The summed E-state index contributed by atoms with van der Waals surface area (Å²) in [4.78, 5) is 23.6. The number of hydrogen-bond acceptors (Lipinski definition) is 7. The third-order valence-electron chi connectivity index (χ3n) is 5.41. The van der Waals surface area contributed by atoms with E-state index in [0.29, 0.717) is 31.9 Å². The van der Waals surface area contributed by atoms with Gasteiger partial charge in [0.15, 0.2) is 0 Å². The van der Waals surface area contributed by atoms with Gasteiger partial charge in [0.25, 0.3) is 0 Å². The number of anilines is 3. The first kappa shape index (κ1) is 20.5. The molecule has 4 rings (SSSR count). The third kappa shape index (κ3) is 4.40. The highest BCUT2D eigenvalue weighted by molar-refractivity contribution is 5.71. The summed E-state index contributed by atoms with van der Waals surface area (Å²) in [6, 6.07) is 16.1. The molecule has 1 N–H and O–H groups in total. The van der Waals surface area contributed by atoms with E-state index in [9.17, 15) is 14.5 Å². The van der Waals surface area contributed by atoms with Gasteiger partial charge < -0.3 is 15.1 Å². The van der Waals surface area contributed by atoms with Gasteiger partial charge in [0.1, 0.15) is 12.1 Å². The van der Waals surface area contributed by atoms with Gasteiger partial charge in [-0.05, 0) is 24.6 Å². The number of hydrogen-bond donors (Lipinski definition) is 1. The lowest BCUT2D eigenvalue weighted by Crippen LogP contribution is -2.47. The Morgan fingerprint density at radius 2 is 1.65 bits per heavy atom. The molecule has 9 heteroatoms. The van der Waals surface area contributed by atoms with Crippen LogP contribution < -0.4 is 15.1 Å². The Morgan fingerprint density at radius 1 is 1.00 bits per heavy atom. The highest BCUT2D eigenvalue weighted by Crippen LogP contribution is 2.34. The number of nitrogens with zero attached hydrogens (tertiary/aromatic N) is 5. The van der Waals surface area contributed by atoms with E-state index in [1.165, 1.54) is 12.4 Å². The molecule has 3 aromatic rings. The Morgan fingerprint density at radius 3 is 2.32 bits per heavy atom. The van der Waals surface area contributed by atoms with Crippen LogP contribution in [0.4, 0.5) is 27.4 Å². The third-order valence-corrected chi connectivity index (χ3v) is 5.41. The molecule has 160 valence electrons. The van der Waals surface area contributed by atoms with E-state index < -0.39 is 4.92 Å². The topological polar surface area (TPSA) is 87.4 Å². The van der Waals surface area contributed by atoms with Crippen molar-refractivity contribution >= 4 is 23.0 Å². The maximum Gasteiger partial charge on any atom is 0.353 e. The molecule has 0 amide bonds. The van der Waals surface area contributed by atoms with Crippen LogP contribution in [0.3, 0.4) is 0 Å². The molecule has 1 atom stereocenters. The van der Waals surface area contributed by atoms with Crippen LogP contribution in [0.15, 0.2) is 60.9 Å². The number of halogens is 1. The summed E-state index contributed by atoms with van der Waals surface area (Å²) in [5.74, 6) is 0.184. The van der Waals surface area contributed by atoms with E-state index >= 15 is 0 Å². The highest BCUT2D eigenvalue weighted by atomic mass is 19.1. The number of rotatable bonds is 6. The first-order chi connectivity index (χ1) is 15.0. The van der Waals surface area contributed by atoms with E-state index in [4.69, 9.17) is 0 Å². The molecular formula is C22H23FN6O2. The number of nitro groups is 1. The van der Waals surface area contributed by atoms with Gasteiger partial charge in [-0.15, -0.1) is 0 Å². The van der Waals surface area contributed by atoms with Gasteiger partial charge >= 0.3 is 5.69 Å². The Kier molecular flexibility index (Phi) is 5.92. The van der Waals surface area contributed by atoms with Crippen molar-refractivity contribution in [2.24, 2.45) is 0 Å². The quantitative estimate of drug-likeness (QED) is 0.474. The van der Waals surface area contributed by atoms with Crippen molar-refractivity contribution < 1.29 is 9.31 Å². The smallest absolute Gasteiger partial charge is 0.353 e. The molecule has 0 saturated carbocycles. The summed E-state index contributed by atoms with van der Waals surface area (Å²) in [5, 5.41) is 15.1. The fourth-order valence-electron chi connectivity index (χ4n) is 3.77. The van der Waals surface area contributed by atoms with Gasteiger partial charge in [-0.25, -0.2) is 14.4 Å². The summed E-state index contributed by atoms with van der Waals surface area (Å²) in [5.41, 5.74) is 1.39. The normalized spacial score (nSPS) is 14.9. The monoisotopic (exact) mass is 422 g/mol. The van der Waals surface area contributed by atoms with Crippen LogP contribution in [0.1, 0.15) is 18.5 Å². The van der Waals surface area contributed by atoms with Gasteiger partial charge in [-0.2, -0.15) is 0 Å². The number of para-hydroxylation sites is 1. The number of aromatic nitrogens is 2. The second-order valence-electron chi connectivity index (χ2n) is 7.35. The van der Waals surface area contributed by atoms with Crippen molar-refractivity contribution in [3.05, 3.63) is 82.4 Å². The first-order valence-corrected chi connectivity index (χ1v) is 10.1. The van der Waals surface area contributed by atoms with Crippen LogP contribution in [-0.4, -0.2) is 41.1 Å². The zero-order valence-corrected chi connectivity index (χ0v) is 17.1. The highest BCUT2D eigenvalue weighted by Gasteiger charge is 2.30. The average molecular weight is 422 g/mol. The van der Waals surface area contributed by atoms with Crippen LogP contribution >= 0.6 is 0 Å². The molecule has 0 spiro atoms. The molecule has 1 unspecified atom stereocenters. The molecular weight excluding hydrogens is 399 g/mol. The van der Waals surface area contributed by atoms with Crippen molar-refractivity contribution in [3.63, 3.8) is 0 Å². The maximum absolute atomic E-state index is 14.1. The lowest BCUT2D eigenvalue weighted by molar-refractivity contribution is -0.383. The van der Waals surface area contributed by atoms with Crippen molar-refractivity contribution in [2.75, 3.05) is 41.3 Å². The summed E-state index contributed by atoms with van der Waals surface area (Å²) in [6.07, 6.45) is 1.34. The first-order valence-electron chi connectivity index (χ1n) is 10.1. The predicted molar refractivity (Wildman–Crippen MR) is 118 cm³/mol. The van der Waals surface area contributed by atoms with Gasteiger partial charge in [-0.1, -0.05) is 42.5 Å². The Balaban J connectivity index is 1.54. The number of piperazine rings is 1. The molecule has 0 radical (unpaired) electrons. The Bertz CT molecular complexity index is 1060. The van der Waals surface area contributed by atoms with Crippen molar-refractivity contribution in [1.82, 2.24) is 9.97 Å². The molecule has 2 heterocycles. The lowest BCUT2D eigenvalue weighted by Gasteiger charge is -2.36. The molecule has 0 aliphatic carbocycles. The lowest BCUT2D eigenvalue weighted by atomic mass is 10.1. The molecule has 2 aromatic carbocycles. The second-order valence-corrected chi connectivity index (χ2v) is 7.35. The molecule has 8 nitrogen and oxygen atoms in total. The summed E-state index contributed by atoms with van der Waals surface area (Å²) < 4.78 is 14.1. The average Bonchev–Trinajstić information content (AvgIpc) is 2.80. The molecule has 1 saturated heterocycles. The van der Waals surface area contributed by atoms with Crippen LogP contribution in [0.2, 0.25) is 0 Å². The van der Waals surface area contributed by atoms with E-state index in [1.807, 2.05) is 47.1 Å². The zero-order chi connectivity index (χ0) is 21.8. The number of benzene rings is 2. The van der Waals surface area contributed by atoms with Crippen molar-refractivity contribution in [1.29, 1.82) is 0 Å². The van der Waals surface area contributed by atoms with E-state index in [-0.39, 0.29) is 29.2 Å². The molecule has 1 aromatic heterocycles. The van der Waals surface area contributed by atoms with Crippen molar-refractivity contribution in [3.8, 4) is 0 Å². The largest absolute Gasteiger partial charge is 0.366 e. The Labute approximate surface area is 179 Å². The fraction of sp³-hybridized carbons (Fsp3) is 0.273. The van der Waals surface area contributed by atoms with Crippen LogP contribution in [0, 0.1) is 15.9 Å². The summed E-state index contributed by atoms with van der Waals surface area (Å²) in [7, 11) is 0. The van der Waals surface area contributed by atoms with Gasteiger partial charge in [0, 0.05) is 26.2 Å². The van der Waals surface area contributed by atoms with Crippen LogP contribution in [-0.2, 0) is 0 Å². The van der Waals surface area contributed by atoms with Crippen molar-refractivity contribution in [2.45, 2.75) is 13.0 Å². The predicted octanol–water partition coefficient (Wildman–Crippen LogP) is 4.02. The fourth-order valence-corrected chi connectivity index (χ4v) is 3.77. The molecule has 1 aliphatic rings. The zero-order valence-electron chi connectivity index (χ0n) is 17.1. The minimum Gasteiger partial charge on any atom is -0.366 e. The van der Waals surface area contributed by atoms with E-state index in [0.717, 1.165) is 5.56 Å². The molecule has 1 fully saturated rings. The molecule has 0 bridgehead atoms. The van der Waals surface area contributed by atoms with E-state index in [2.05, 4.69) is 15.3 Å². The maximum atomic E-state index is 14.1. The summed E-state index contributed by atoms with van der Waals surface area (Å²) >= 11 is 0. The Hall–Kier alpha value is -3.75. The SMILES string of the molecule is CC(Nc1ncnc(N2CCN(c3ccccc3F)CC2)c1[N+](=O)[O-])c1ccccc1. The summed E-state index contributed by atoms with van der Waals surface area (Å²) in [6.45, 7) is 3.96. The number of nitrogens with one attached hydrogen (secondary N) is 1. The van der Waals surface area contributed by atoms with Gasteiger partial charge in [-0.3, -0.25) is 10.1 Å².